The van der Waals surface area contributed by atoms with Crippen LogP contribution in [0.15, 0.2) is 109 Å². The lowest BCUT2D eigenvalue weighted by Crippen LogP contribution is -2.30. The van der Waals surface area contributed by atoms with Crippen LogP contribution in [0.4, 0.5) is 0 Å². The van der Waals surface area contributed by atoms with Crippen molar-refractivity contribution in [2.24, 2.45) is 0 Å². The van der Waals surface area contributed by atoms with E-state index in [-0.39, 0.29) is 31.6 Å². The zero-order valence-electron chi connectivity index (χ0n) is 46.9. The van der Waals surface area contributed by atoms with Gasteiger partial charge < -0.3 is 14.2 Å². The van der Waals surface area contributed by atoms with Crippen LogP contribution >= 0.6 is 0 Å². The van der Waals surface area contributed by atoms with E-state index in [0.29, 0.717) is 19.3 Å². The maximum Gasteiger partial charge on any atom is 0.306 e. The summed E-state index contributed by atoms with van der Waals surface area (Å²) in [6.45, 7) is 6.42. The molecule has 6 heteroatoms. The molecule has 0 aliphatic carbocycles. The first-order valence-corrected chi connectivity index (χ1v) is 29.9. The Morgan fingerprint density at radius 3 is 0.958 bits per heavy atom. The molecule has 0 heterocycles. The third-order valence-electron chi connectivity index (χ3n) is 12.5. The Kier molecular flexibility index (Phi) is 56.4. The van der Waals surface area contributed by atoms with Gasteiger partial charge in [-0.2, -0.15) is 0 Å². The molecular formula is C66H110O6. The first kappa shape index (κ1) is 68.1. The Bertz CT molecular complexity index is 1470. The maximum atomic E-state index is 12.8. The maximum absolute atomic E-state index is 12.8. The molecule has 0 fully saturated rings. The fourth-order valence-corrected chi connectivity index (χ4v) is 8.01. The molecule has 0 aliphatic heterocycles. The van der Waals surface area contributed by atoms with Gasteiger partial charge in [-0.15, -0.1) is 0 Å². The quantitative estimate of drug-likeness (QED) is 0.0261. The van der Waals surface area contributed by atoms with Crippen LogP contribution in [-0.4, -0.2) is 37.2 Å². The zero-order chi connectivity index (χ0) is 52.2. The molecule has 0 aromatic rings. The van der Waals surface area contributed by atoms with E-state index in [1.54, 1.807) is 0 Å². The Hall–Kier alpha value is -3.93. The zero-order valence-corrected chi connectivity index (χ0v) is 46.9. The molecule has 0 aromatic carbocycles. The van der Waals surface area contributed by atoms with Crippen LogP contribution in [0.1, 0.15) is 271 Å². The number of carbonyl (C=O) groups excluding carboxylic acids is 3. The van der Waals surface area contributed by atoms with Gasteiger partial charge in [-0.05, 0) is 109 Å². The van der Waals surface area contributed by atoms with Gasteiger partial charge in [0, 0.05) is 19.3 Å². The SMILES string of the molecule is CC/C=C\C/C=C\C/C=C\C/C=C\C/C=C\C/C=C\CCC(=O)OC(COC(=O)CCCCCCC/C=C\C/C=C\CCCC)COC(=O)CCCCCCCCCCC/C=C\CCCCCCCCCC. The molecule has 0 saturated heterocycles. The molecule has 1 unspecified atom stereocenters. The molecule has 0 bridgehead atoms. The van der Waals surface area contributed by atoms with E-state index in [1.165, 1.54) is 122 Å². The minimum absolute atomic E-state index is 0.115. The van der Waals surface area contributed by atoms with Gasteiger partial charge in [0.2, 0.25) is 0 Å². The second kappa shape index (κ2) is 59.6. The van der Waals surface area contributed by atoms with E-state index in [2.05, 4.69) is 124 Å². The smallest absolute Gasteiger partial charge is 0.306 e. The van der Waals surface area contributed by atoms with Gasteiger partial charge in [0.05, 0.1) is 0 Å². The van der Waals surface area contributed by atoms with E-state index in [1.807, 2.05) is 6.08 Å². The molecular weight excluding hydrogens is 889 g/mol. The summed E-state index contributed by atoms with van der Waals surface area (Å²) in [5.74, 6) is -1.01. The lowest BCUT2D eigenvalue weighted by atomic mass is 10.1. The van der Waals surface area contributed by atoms with Gasteiger partial charge in [0.25, 0.3) is 0 Å². The Labute approximate surface area is 444 Å². The molecule has 0 spiro atoms. The number of esters is 3. The van der Waals surface area contributed by atoms with Crippen LogP contribution in [0, 0.1) is 0 Å². The molecule has 0 amide bonds. The number of unbranched alkanes of at least 4 members (excludes halogenated alkanes) is 24. The van der Waals surface area contributed by atoms with Crippen molar-refractivity contribution < 1.29 is 28.6 Å². The van der Waals surface area contributed by atoms with Crippen molar-refractivity contribution in [2.45, 2.75) is 277 Å². The summed E-state index contributed by atoms with van der Waals surface area (Å²) in [6, 6.07) is 0. The Morgan fingerprint density at radius 1 is 0.292 bits per heavy atom. The van der Waals surface area contributed by atoms with E-state index in [0.717, 1.165) is 103 Å². The van der Waals surface area contributed by atoms with Crippen LogP contribution in [0.25, 0.3) is 0 Å². The highest BCUT2D eigenvalue weighted by Gasteiger charge is 2.19. The molecule has 410 valence electrons. The molecule has 0 saturated carbocycles. The topological polar surface area (TPSA) is 78.9 Å². The summed E-state index contributed by atoms with van der Waals surface area (Å²) >= 11 is 0. The number of carbonyl (C=O) groups is 3. The van der Waals surface area contributed by atoms with Crippen molar-refractivity contribution in [3.05, 3.63) is 109 Å². The molecule has 0 rings (SSSR count). The summed E-state index contributed by atoms with van der Waals surface area (Å²) in [4.78, 5) is 38.2. The summed E-state index contributed by atoms with van der Waals surface area (Å²) in [5.41, 5.74) is 0. The van der Waals surface area contributed by atoms with Gasteiger partial charge in [0.15, 0.2) is 6.10 Å². The van der Waals surface area contributed by atoms with Crippen LogP contribution in [0.3, 0.4) is 0 Å². The first-order valence-electron chi connectivity index (χ1n) is 29.9. The third-order valence-corrected chi connectivity index (χ3v) is 12.5. The highest BCUT2D eigenvalue weighted by atomic mass is 16.6. The third kappa shape index (κ3) is 57.0. The second-order valence-corrected chi connectivity index (χ2v) is 19.5. The number of hydrogen-bond donors (Lipinski definition) is 0. The molecule has 72 heavy (non-hydrogen) atoms. The highest BCUT2D eigenvalue weighted by molar-refractivity contribution is 5.71. The molecule has 0 N–H and O–H groups in total. The number of rotatable bonds is 53. The average molecular weight is 1000 g/mol. The van der Waals surface area contributed by atoms with Gasteiger partial charge in [-0.1, -0.05) is 252 Å². The summed E-state index contributed by atoms with van der Waals surface area (Å²) in [7, 11) is 0. The summed E-state index contributed by atoms with van der Waals surface area (Å²) in [5, 5.41) is 0. The predicted molar refractivity (Wildman–Crippen MR) is 311 cm³/mol. The van der Waals surface area contributed by atoms with Crippen LogP contribution < -0.4 is 0 Å². The molecule has 6 nitrogen and oxygen atoms in total. The lowest BCUT2D eigenvalue weighted by Gasteiger charge is -2.18. The lowest BCUT2D eigenvalue weighted by molar-refractivity contribution is -0.166. The minimum Gasteiger partial charge on any atom is -0.462 e. The second-order valence-electron chi connectivity index (χ2n) is 19.5. The highest BCUT2D eigenvalue weighted by Crippen LogP contribution is 2.15. The van der Waals surface area contributed by atoms with Crippen molar-refractivity contribution in [1.82, 2.24) is 0 Å². The standard InChI is InChI=1S/C66H110O6/c1-4-7-10-13-16-19-22-25-28-30-32-33-35-36-38-41-44-47-50-53-56-59-65(68)71-62-63(61-70-64(67)58-55-52-49-46-43-40-27-24-21-18-15-12-9-6-3)72-66(69)60-57-54-51-48-45-42-39-37-34-31-29-26-23-20-17-14-11-8-5-2/h8,11,15,17-18,20,24,26-27,29-30,32,34,37,42,45,51,54,63H,4-7,9-10,12-14,16,19,21-23,25,28,31,33,35-36,38-41,43-44,46-50,52-53,55-62H2,1-3H3/b11-8-,18-15-,20-17-,27-24-,29-26-,32-30-,37-34-,45-42-,54-51-. The van der Waals surface area contributed by atoms with Crippen molar-refractivity contribution >= 4 is 17.9 Å². The normalized spacial score (nSPS) is 12.9. The molecule has 0 radical (unpaired) electrons. The van der Waals surface area contributed by atoms with E-state index in [9.17, 15) is 14.4 Å². The fraction of sp³-hybridized carbons (Fsp3) is 0.682. The number of hydrogen-bond acceptors (Lipinski definition) is 6. The van der Waals surface area contributed by atoms with Crippen molar-refractivity contribution in [3.8, 4) is 0 Å². The summed E-state index contributed by atoms with van der Waals surface area (Å²) in [6.07, 6.45) is 81.0. The van der Waals surface area contributed by atoms with Crippen LogP contribution in [-0.2, 0) is 28.6 Å². The minimum atomic E-state index is -0.828. The van der Waals surface area contributed by atoms with Gasteiger partial charge in [0.1, 0.15) is 13.2 Å². The molecule has 1 atom stereocenters. The van der Waals surface area contributed by atoms with Crippen molar-refractivity contribution in [2.75, 3.05) is 13.2 Å². The molecule has 0 aromatic heterocycles. The number of allylic oxidation sites excluding steroid dienone is 18. The number of ether oxygens (including phenoxy) is 3. The monoisotopic (exact) mass is 999 g/mol. The van der Waals surface area contributed by atoms with Crippen molar-refractivity contribution in [1.29, 1.82) is 0 Å². The first-order chi connectivity index (χ1) is 35.5. The van der Waals surface area contributed by atoms with E-state index in [4.69, 9.17) is 14.2 Å². The fourth-order valence-electron chi connectivity index (χ4n) is 8.01. The van der Waals surface area contributed by atoms with Crippen molar-refractivity contribution in [3.63, 3.8) is 0 Å². The van der Waals surface area contributed by atoms with E-state index < -0.39 is 12.1 Å². The van der Waals surface area contributed by atoms with E-state index >= 15 is 0 Å². The van der Waals surface area contributed by atoms with Gasteiger partial charge >= 0.3 is 17.9 Å². The summed E-state index contributed by atoms with van der Waals surface area (Å²) < 4.78 is 16.8. The van der Waals surface area contributed by atoms with Crippen LogP contribution in [0.5, 0.6) is 0 Å². The van der Waals surface area contributed by atoms with Gasteiger partial charge in [-0.3, -0.25) is 14.4 Å². The van der Waals surface area contributed by atoms with Crippen LogP contribution in [0.2, 0.25) is 0 Å². The largest absolute Gasteiger partial charge is 0.462 e. The van der Waals surface area contributed by atoms with Gasteiger partial charge in [-0.25, -0.2) is 0 Å². The Balaban J connectivity index is 4.48. The average Bonchev–Trinajstić information content (AvgIpc) is 3.38. The predicted octanol–water partition coefficient (Wildman–Crippen LogP) is 20.3. The molecule has 0 aliphatic rings. The Morgan fingerprint density at radius 2 is 0.583 bits per heavy atom.